The van der Waals surface area contributed by atoms with Crippen LogP contribution >= 0.6 is 15.9 Å². The van der Waals surface area contributed by atoms with E-state index in [1.807, 2.05) is 6.07 Å². The van der Waals surface area contributed by atoms with Gasteiger partial charge in [-0.2, -0.15) is 15.7 Å². The van der Waals surface area contributed by atoms with Gasteiger partial charge in [0.25, 0.3) is 0 Å². The number of aromatic amines is 1. The van der Waals surface area contributed by atoms with Crippen LogP contribution < -0.4 is 5.32 Å². The highest BCUT2D eigenvalue weighted by Crippen LogP contribution is 2.21. The lowest BCUT2D eigenvalue weighted by Crippen LogP contribution is -1.95. The van der Waals surface area contributed by atoms with Crippen molar-refractivity contribution in [2.24, 2.45) is 0 Å². The monoisotopic (exact) mass is 315 g/mol. The molecule has 1 aromatic heterocycles. The molecule has 0 fully saturated rings. The summed E-state index contributed by atoms with van der Waals surface area (Å²) in [5, 5.41) is 33.9. The molecular weight excluding hydrogens is 310 g/mol. The Morgan fingerprint density at radius 3 is 2.89 bits per heavy atom. The number of hydrogen-bond acceptors (Lipinski definition) is 6. The molecule has 2 N–H and O–H groups in total. The van der Waals surface area contributed by atoms with E-state index in [1.165, 1.54) is 6.20 Å². The molecule has 0 saturated heterocycles. The molecule has 1 aromatic carbocycles. The first-order chi connectivity index (χ1) is 9.24. The lowest BCUT2D eigenvalue weighted by molar-refractivity contribution is 0.881. The smallest absolute Gasteiger partial charge is 0.216 e. The van der Waals surface area contributed by atoms with Gasteiger partial charge in [0.05, 0.1) is 11.3 Å². The van der Waals surface area contributed by atoms with Gasteiger partial charge in [-0.25, -0.2) is 0 Å². The molecule has 92 valence electrons. The zero-order valence-corrected chi connectivity index (χ0v) is 11.0. The third-order valence-corrected chi connectivity index (χ3v) is 2.67. The molecule has 0 bridgehead atoms. The number of H-pyrrole nitrogens is 1. The summed E-state index contributed by atoms with van der Waals surface area (Å²) in [6.07, 6.45) is 1.42. The number of nitrogens with zero attached hydrogens (tertiary/aromatic N) is 5. The van der Waals surface area contributed by atoms with Crippen LogP contribution in [0.3, 0.4) is 0 Å². The maximum Gasteiger partial charge on any atom is 0.216 e. The quantitative estimate of drug-likeness (QED) is 0.835. The second-order valence-electron chi connectivity index (χ2n) is 3.35. The molecule has 2 rings (SSSR count). The molecule has 0 aliphatic carbocycles. The van der Waals surface area contributed by atoms with Crippen LogP contribution in [0.5, 0.6) is 0 Å². The molecule has 0 saturated carbocycles. The van der Waals surface area contributed by atoms with Crippen molar-refractivity contribution < 1.29 is 0 Å². The Bertz CT molecular complexity index is 691. The number of benzene rings is 1. The van der Waals surface area contributed by atoms with Gasteiger partial charge in [0.2, 0.25) is 5.82 Å². The molecule has 8 heteroatoms. The zero-order valence-electron chi connectivity index (χ0n) is 9.42. The van der Waals surface area contributed by atoms with Crippen LogP contribution in [-0.4, -0.2) is 20.6 Å². The highest BCUT2D eigenvalue weighted by Gasteiger charge is 2.06. The lowest BCUT2D eigenvalue weighted by atomic mass is 10.2. The SMILES string of the molecule is N#CC(=CNc1cc(Br)ccc1C#N)c1nn[nH]n1. The molecule has 0 aliphatic heterocycles. The van der Waals surface area contributed by atoms with E-state index in [0.717, 1.165) is 4.47 Å². The number of nitrogens with one attached hydrogen (secondary N) is 2. The highest BCUT2D eigenvalue weighted by atomic mass is 79.9. The van der Waals surface area contributed by atoms with Crippen molar-refractivity contribution in [1.82, 2.24) is 20.6 Å². The Morgan fingerprint density at radius 1 is 1.42 bits per heavy atom. The van der Waals surface area contributed by atoms with Crippen LogP contribution in [0.2, 0.25) is 0 Å². The molecule has 2 aromatic rings. The van der Waals surface area contributed by atoms with Crippen molar-refractivity contribution in [2.45, 2.75) is 0 Å². The van der Waals surface area contributed by atoms with Crippen LogP contribution in [0.4, 0.5) is 5.69 Å². The number of halogens is 1. The third-order valence-electron chi connectivity index (χ3n) is 2.18. The summed E-state index contributed by atoms with van der Waals surface area (Å²) in [6, 6.07) is 9.17. The van der Waals surface area contributed by atoms with E-state index in [2.05, 4.69) is 47.9 Å². The Morgan fingerprint density at radius 2 is 2.26 bits per heavy atom. The minimum Gasteiger partial charge on any atom is -0.359 e. The number of allylic oxidation sites excluding steroid dienone is 1. The first kappa shape index (κ1) is 12.7. The summed E-state index contributed by atoms with van der Waals surface area (Å²) in [5.74, 6) is 0.184. The minimum absolute atomic E-state index is 0.184. The van der Waals surface area contributed by atoms with Crippen molar-refractivity contribution in [1.29, 1.82) is 10.5 Å². The highest BCUT2D eigenvalue weighted by molar-refractivity contribution is 9.10. The number of anilines is 1. The Hall–Kier alpha value is -2.71. The van der Waals surface area contributed by atoms with Gasteiger partial charge >= 0.3 is 0 Å². The third kappa shape index (κ3) is 2.94. The number of aromatic nitrogens is 4. The van der Waals surface area contributed by atoms with Crippen molar-refractivity contribution >= 4 is 27.2 Å². The second kappa shape index (κ2) is 5.76. The first-order valence-corrected chi connectivity index (χ1v) is 5.84. The van der Waals surface area contributed by atoms with Crippen molar-refractivity contribution in [3.05, 3.63) is 40.3 Å². The summed E-state index contributed by atoms with van der Waals surface area (Å²) < 4.78 is 0.820. The predicted octanol–water partition coefficient (Wildman–Crippen LogP) is 1.81. The Balaban J connectivity index is 2.30. The number of nitriles is 2. The molecule has 0 spiro atoms. The number of tetrazole rings is 1. The second-order valence-corrected chi connectivity index (χ2v) is 4.27. The lowest BCUT2D eigenvalue weighted by Gasteiger charge is -2.04. The standard InChI is InChI=1S/C11H6BrN7/c12-9-2-1-7(4-13)10(3-9)15-6-8(5-14)11-16-18-19-17-11/h1-3,6,15H,(H,16,17,18,19). The van der Waals surface area contributed by atoms with Crippen LogP contribution in [0.1, 0.15) is 11.4 Å². The molecule has 0 amide bonds. The van der Waals surface area contributed by atoms with Gasteiger partial charge in [0.1, 0.15) is 17.7 Å². The van der Waals surface area contributed by atoms with Gasteiger partial charge in [-0.3, -0.25) is 0 Å². The largest absolute Gasteiger partial charge is 0.359 e. The van der Waals surface area contributed by atoms with E-state index >= 15 is 0 Å². The maximum absolute atomic E-state index is 9.00. The fourth-order valence-corrected chi connectivity index (χ4v) is 1.67. The summed E-state index contributed by atoms with van der Waals surface area (Å²) >= 11 is 3.31. The molecule has 0 aliphatic rings. The fourth-order valence-electron chi connectivity index (χ4n) is 1.31. The van der Waals surface area contributed by atoms with Gasteiger partial charge in [-0.1, -0.05) is 15.9 Å². The summed E-state index contributed by atoms with van der Waals surface area (Å²) in [7, 11) is 0. The van der Waals surface area contributed by atoms with Crippen molar-refractivity contribution in [3.63, 3.8) is 0 Å². The molecular formula is C11H6BrN7. The van der Waals surface area contributed by atoms with Gasteiger partial charge < -0.3 is 5.32 Å². The topological polar surface area (TPSA) is 114 Å². The van der Waals surface area contributed by atoms with E-state index in [9.17, 15) is 0 Å². The summed E-state index contributed by atoms with van der Waals surface area (Å²) in [5.41, 5.74) is 1.25. The van der Waals surface area contributed by atoms with Crippen LogP contribution in [0.25, 0.3) is 5.57 Å². The fraction of sp³-hybridized carbons (Fsp3) is 0. The average Bonchev–Trinajstić information content (AvgIpc) is 2.94. The average molecular weight is 316 g/mol. The predicted molar refractivity (Wildman–Crippen MR) is 70.2 cm³/mol. The van der Waals surface area contributed by atoms with Gasteiger partial charge in [-0.05, 0) is 23.4 Å². The molecule has 0 radical (unpaired) electrons. The zero-order chi connectivity index (χ0) is 13.7. The number of rotatable bonds is 3. The summed E-state index contributed by atoms with van der Waals surface area (Å²) in [4.78, 5) is 0. The van der Waals surface area contributed by atoms with Crippen molar-refractivity contribution in [3.8, 4) is 12.1 Å². The van der Waals surface area contributed by atoms with Crippen molar-refractivity contribution in [2.75, 3.05) is 5.32 Å². The summed E-state index contributed by atoms with van der Waals surface area (Å²) in [6.45, 7) is 0. The van der Waals surface area contributed by atoms with Gasteiger partial charge in [0, 0.05) is 10.7 Å². The van der Waals surface area contributed by atoms with E-state index < -0.39 is 0 Å². The van der Waals surface area contributed by atoms with E-state index in [-0.39, 0.29) is 11.4 Å². The molecule has 0 atom stereocenters. The van der Waals surface area contributed by atoms with Crippen LogP contribution in [0.15, 0.2) is 28.9 Å². The molecule has 7 nitrogen and oxygen atoms in total. The van der Waals surface area contributed by atoms with E-state index in [4.69, 9.17) is 10.5 Å². The molecule has 0 unspecified atom stereocenters. The van der Waals surface area contributed by atoms with Gasteiger partial charge in [0.15, 0.2) is 0 Å². The van der Waals surface area contributed by atoms with Crippen LogP contribution in [-0.2, 0) is 0 Å². The maximum atomic E-state index is 9.00. The van der Waals surface area contributed by atoms with Crippen LogP contribution in [0, 0.1) is 22.7 Å². The molecule has 19 heavy (non-hydrogen) atoms. The van der Waals surface area contributed by atoms with E-state index in [1.54, 1.807) is 18.2 Å². The molecule has 1 heterocycles. The van der Waals surface area contributed by atoms with Gasteiger partial charge in [-0.15, -0.1) is 10.2 Å². The Labute approximate surface area is 116 Å². The Kier molecular flexibility index (Phi) is 3.86. The first-order valence-electron chi connectivity index (χ1n) is 5.05. The normalized spacial score (nSPS) is 10.6. The number of hydrogen-bond donors (Lipinski definition) is 2. The van der Waals surface area contributed by atoms with E-state index in [0.29, 0.717) is 11.3 Å². The minimum atomic E-state index is 0.184.